The fourth-order valence-electron chi connectivity index (χ4n) is 2.56. The third kappa shape index (κ3) is 2.81. The average Bonchev–Trinajstić information content (AvgIpc) is 2.33. The average molecular weight is 262 g/mol. The Morgan fingerprint density at radius 3 is 2.29 bits per heavy atom. The van der Waals surface area contributed by atoms with Crippen LogP contribution in [0.4, 0.5) is 0 Å². The van der Waals surface area contributed by atoms with E-state index in [-0.39, 0.29) is 12.0 Å². The fourth-order valence-corrected chi connectivity index (χ4v) is 4.37. The fraction of sp³-hybridized carbons (Fsp3) is 1.00. The number of aliphatic hydroxyl groups excluding tert-OH is 1. The largest absolute Gasteiger partial charge is 0.393 e. The molecule has 2 aliphatic rings. The van der Waals surface area contributed by atoms with Gasteiger partial charge in [0.05, 0.1) is 6.10 Å². The van der Waals surface area contributed by atoms with Gasteiger partial charge in [-0.1, -0.05) is 13.3 Å². The van der Waals surface area contributed by atoms with Gasteiger partial charge in [-0.15, -0.1) is 0 Å². The second-order valence-electron chi connectivity index (χ2n) is 5.16. The third-order valence-corrected chi connectivity index (χ3v) is 5.79. The molecule has 2 saturated heterocycles. The summed E-state index contributed by atoms with van der Waals surface area (Å²) in [6.07, 6.45) is 3.24. The van der Waals surface area contributed by atoms with Crippen LogP contribution >= 0.6 is 0 Å². The van der Waals surface area contributed by atoms with Gasteiger partial charge in [-0.3, -0.25) is 0 Å². The van der Waals surface area contributed by atoms with Gasteiger partial charge in [-0.2, -0.15) is 17.0 Å². The molecule has 2 rings (SSSR count). The number of piperidine rings is 2. The molecule has 2 fully saturated rings. The van der Waals surface area contributed by atoms with Crippen LogP contribution in [0.1, 0.15) is 32.6 Å². The predicted molar refractivity (Wildman–Crippen MR) is 65.7 cm³/mol. The minimum atomic E-state index is -3.29. The molecule has 5 nitrogen and oxygen atoms in total. The standard InChI is InChI=1S/C11H22N2O3S/c1-10-9-13(8-5-11(10)14)17(15,16)12-6-3-2-4-7-12/h10-11,14H,2-9H2,1H3. The zero-order valence-corrected chi connectivity index (χ0v) is 11.2. The highest BCUT2D eigenvalue weighted by Crippen LogP contribution is 2.23. The van der Waals surface area contributed by atoms with Gasteiger partial charge < -0.3 is 5.11 Å². The molecule has 0 aromatic rings. The zero-order chi connectivity index (χ0) is 12.5. The quantitative estimate of drug-likeness (QED) is 0.784. The Kier molecular flexibility index (Phi) is 4.07. The lowest BCUT2D eigenvalue weighted by Gasteiger charge is -2.37. The van der Waals surface area contributed by atoms with Gasteiger partial charge in [0, 0.05) is 26.2 Å². The van der Waals surface area contributed by atoms with Crippen LogP contribution in [0, 0.1) is 5.92 Å². The van der Waals surface area contributed by atoms with Crippen LogP contribution in [-0.4, -0.2) is 54.4 Å². The summed E-state index contributed by atoms with van der Waals surface area (Å²) in [5, 5.41) is 9.64. The number of hydrogen-bond acceptors (Lipinski definition) is 3. The second kappa shape index (κ2) is 5.22. The number of hydrogen-bond donors (Lipinski definition) is 1. The van der Waals surface area contributed by atoms with Crippen LogP contribution in [0.15, 0.2) is 0 Å². The Labute approximate surface area is 104 Å². The molecule has 2 unspecified atom stereocenters. The van der Waals surface area contributed by atoms with Gasteiger partial charge in [0.2, 0.25) is 0 Å². The van der Waals surface area contributed by atoms with Crippen molar-refractivity contribution in [3.63, 3.8) is 0 Å². The maximum atomic E-state index is 12.4. The van der Waals surface area contributed by atoms with Gasteiger partial charge >= 0.3 is 0 Å². The van der Waals surface area contributed by atoms with Crippen molar-refractivity contribution < 1.29 is 13.5 Å². The van der Waals surface area contributed by atoms with Gasteiger partial charge in [-0.25, -0.2) is 0 Å². The van der Waals surface area contributed by atoms with E-state index < -0.39 is 10.2 Å². The van der Waals surface area contributed by atoms with Gasteiger partial charge in [0.15, 0.2) is 0 Å². The predicted octanol–water partition coefficient (Wildman–Crippen LogP) is 0.420. The lowest BCUT2D eigenvalue weighted by atomic mass is 9.99. The number of aliphatic hydroxyl groups is 1. The van der Waals surface area contributed by atoms with Crippen LogP contribution in [0.25, 0.3) is 0 Å². The molecule has 17 heavy (non-hydrogen) atoms. The molecule has 0 spiro atoms. The van der Waals surface area contributed by atoms with E-state index in [4.69, 9.17) is 0 Å². The summed E-state index contributed by atoms with van der Waals surface area (Å²) in [6.45, 7) is 4.10. The van der Waals surface area contributed by atoms with Crippen molar-refractivity contribution in [2.45, 2.75) is 38.7 Å². The molecule has 2 heterocycles. The molecule has 2 atom stereocenters. The van der Waals surface area contributed by atoms with E-state index >= 15 is 0 Å². The van der Waals surface area contributed by atoms with Crippen molar-refractivity contribution in [3.05, 3.63) is 0 Å². The van der Waals surface area contributed by atoms with Gasteiger partial charge in [0.1, 0.15) is 0 Å². The second-order valence-corrected chi connectivity index (χ2v) is 7.09. The summed E-state index contributed by atoms with van der Waals surface area (Å²) in [5.74, 6) is 0.0308. The first-order valence-corrected chi connectivity index (χ1v) is 7.85. The first-order chi connectivity index (χ1) is 8.01. The lowest BCUT2D eigenvalue weighted by Crippen LogP contribution is -2.51. The van der Waals surface area contributed by atoms with E-state index in [1.165, 1.54) is 4.31 Å². The molecule has 0 radical (unpaired) electrons. The van der Waals surface area contributed by atoms with E-state index in [1.54, 1.807) is 4.31 Å². The molecule has 6 heteroatoms. The molecule has 100 valence electrons. The Hall–Kier alpha value is -0.170. The Bertz CT molecular complexity index is 352. The SMILES string of the molecule is CC1CN(S(=O)(=O)N2CCCCC2)CCC1O. The molecule has 0 bridgehead atoms. The maximum absolute atomic E-state index is 12.4. The van der Waals surface area contributed by atoms with Crippen LogP contribution in [0.3, 0.4) is 0 Å². The van der Waals surface area contributed by atoms with Crippen molar-refractivity contribution in [2.24, 2.45) is 5.92 Å². The van der Waals surface area contributed by atoms with Crippen LogP contribution in [0.2, 0.25) is 0 Å². The van der Waals surface area contributed by atoms with E-state index in [2.05, 4.69) is 0 Å². The van der Waals surface area contributed by atoms with Crippen LogP contribution < -0.4 is 0 Å². The van der Waals surface area contributed by atoms with Crippen molar-refractivity contribution in [1.29, 1.82) is 0 Å². The minimum Gasteiger partial charge on any atom is -0.393 e. The number of rotatable bonds is 2. The molecular formula is C11H22N2O3S. The molecule has 0 saturated carbocycles. The highest BCUT2D eigenvalue weighted by atomic mass is 32.2. The zero-order valence-electron chi connectivity index (χ0n) is 10.4. The molecule has 0 aromatic heterocycles. The first kappa shape index (κ1) is 13.3. The molecule has 2 aliphatic heterocycles. The highest BCUT2D eigenvalue weighted by Gasteiger charge is 2.35. The first-order valence-electron chi connectivity index (χ1n) is 6.45. The van der Waals surface area contributed by atoms with Crippen molar-refractivity contribution >= 4 is 10.2 Å². The summed E-state index contributed by atoms with van der Waals surface area (Å²) < 4.78 is 27.9. The monoisotopic (exact) mass is 262 g/mol. The summed E-state index contributed by atoms with van der Waals surface area (Å²) in [5.41, 5.74) is 0. The van der Waals surface area contributed by atoms with Crippen molar-refractivity contribution in [2.75, 3.05) is 26.2 Å². The molecule has 0 aliphatic carbocycles. The Morgan fingerprint density at radius 2 is 1.71 bits per heavy atom. The summed E-state index contributed by atoms with van der Waals surface area (Å²) >= 11 is 0. The van der Waals surface area contributed by atoms with Crippen LogP contribution in [0.5, 0.6) is 0 Å². The molecule has 0 aromatic carbocycles. The lowest BCUT2D eigenvalue weighted by molar-refractivity contribution is 0.0605. The molecule has 0 amide bonds. The normalized spacial score (nSPS) is 33.8. The molecular weight excluding hydrogens is 240 g/mol. The Morgan fingerprint density at radius 1 is 1.06 bits per heavy atom. The molecule has 1 N–H and O–H groups in total. The van der Waals surface area contributed by atoms with E-state index in [0.717, 1.165) is 19.3 Å². The van der Waals surface area contributed by atoms with Crippen molar-refractivity contribution in [1.82, 2.24) is 8.61 Å². The van der Waals surface area contributed by atoms with Gasteiger partial charge in [-0.05, 0) is 25.2 Å². The van der Waals surface area contributed by atoms with Crippen molar-refractivity contribution in [3.8, 4) is 0 Å². The summed E-state index contributed by atoms with van der Waals surface area (Å²) in [6, 6.07) is 0. The summed E-state index contributed by atoms with van der Waals surface area (Å²) in [4.78, 5) is 0. The maximum Gasteiger partial charge on any atom is 0.281 e. The van der Waals surface area contributed by atoms with E-state index in [1.807, 2.05) is 6.92 Å². The Balaban J connectivity index is 2.04. The number of nitrogens with zero attached hydrogens (tertiary/aromatic N) is 2. The highest BCUT2D eigenvalue weighted by molar-refractivity contribution is 7.86. The van der Waals surface area contributed by atoms with E-state index in [0.29, 0.717) is 32.6 Å². The topological polar surface area (TPSA) is 60.9 Å². The van der Waals surface area contributed by atoms with Gasteiger partial charge in [0.25, 0.3) is 10.2 Å². The third-order valence-electron chi connectivity index (χ3n) is 3.79. The summed E-state index contributed by atoms with van der Waals surface area (Å²) in [7, 11) is -3.29. The smallest absolute Gasteiger partial charge is 0.281 e. The van der Waals surface area contributed by atoms with E-state index in [9.17, 15) is 13.5 Å². The minimum absolute atomic E-state index is 0.0308. The van der Waals surface area contributed by atoms with Crippen LogP contribution in [-0.2, 0) is 10.2 Å².